The summed E-state index contributed by atoms with van der Waals surface area (Å²) < 4.78 is 11.4. The van der Waals surface area contributed by atoms with Crippen LogP contribution in [-0.2, 0) is 6.54 Å². The van der Waals surface area contributed by atoms with Crippen LogP contribution >= 0.6 is 15.9 Å². The molecule has 2 aromatic carbocycles. The summed E-state index contributed by atoms with van der Waals surface area (Å²) in [6.07, 6.45) is 0. The first-order valence-electron chi connectivity index (χ1n) is 6.07. The molecule has 4 nitrogen and oxygen atoms in total. The molecule has 0 saturated heterocycles. The van der Waals surface area contributed by atoms with Crippen LogP contribution < -0.4 is 14.8 Å². The van der Waals surface area contributed by atoms with E-state index in [4.69, 9.17) is 9.47 Å². The van der Waals surface area contributed by atoms with Crippen molar-refractivity contribution in [2.45, 2.75) is 6.54 Å². The smallest absolute Gasteiger partial charge is 0.142 e. The molecular weight excluding hydrogens is 322 g/mol. The fourth-order valence-electron chi connectivity index (χ4n) is 1.84. The number of halogens is 1. The molecule has 0 unspecified atom stereocenters. The number of nitrogens with one attached hydrogen (secondary N) is 1. The van der Waals surface area contributed by atoms with Gasteiger partial charge in [-0.2, -0.15) is 0 Å². The number of benzene rings is 2. The Morgan fingerprint density at radius 3 is 2.60 bits per heavy atom. The van der Waals surface area contributed by atoms with Gasteiger partial charge in [0.2, 0.25) is 0 Å². The van der Waals surface area contributed by atoms with E-state index in [0.29, 0.717) is 12.3 Å². The molecule has 0 amide bonds. The van der Waals surface area contributed by atoms with Gasteiger partial charge in [0.25, 0.3) is 0 Å². The number of hydrogen-bond donors (Lipinski definition) is 2. The number of hydrogen-bond acceptors (Lipinski definition) is 4. The van der Waals surface area contributed by atoms with Gasteiger partial charge in [0, 0.05) is 16.6 Å². The maximum absolute atomic E-state index is 9.85. The zero-order valence-corrected chi connectivity index (χ0v) is 12.9. The maximum atomic E-state index is 9.85. The summed E-state index contributed by atoms with van der Waals surface area (Å²) in [6.45, 7) is 0.468. The van der Waals surface area contributed by atoms with Crippen molar-refractivity contribution in [3.05, 3.63) is 46.4 Å². The monoisotopic (exact) mass is 337 g/mol. The molecule has 2 aromatic rings. The third-order valence-corrected chi connectivity index (χ3v) is 3.41. The number of ether oxygens (including phenoxy) is 2. The number of methoxy groups -OCH3 is 2. The molecule has 0 heterocycles. The molecule has 0 saturated carbocycles. The fraction of sp³-hybridized carbons (Fsp3) is 0.200. The Kier molecular flexibility index (Phi) is 4.74. The van der Waals surface area contributed by atoms with Crippen molar-refractivity contribution >= 4 is 21.6 Å². The highest BCUT2D eigenvalue weighted by Gasteiger charge is 2.06. The molecule has 0 aliphatic heterocycles. The van der Waals surface area contributed by atoms with Gasteiger partial charge in [0.1, 0.15) is 17.2 Å². The SMILES string of the molecule is COc1ccc(O)c(CNc2cc(Br)ccc2OC)c1. The Morgan fingerprint density at radius 2 is 1.90 bits per heavy atom. The molecular formula is C15H16BrNO3. The van der Waals surface area contributed by atoms with Crippen molar-refractivity contribution in [1.82, 2.24) is 0 Å². The predicted molar refractivity (Wildman–Crippen MR) is 82.7 cm³/mol. The van der Waals surface area contributed by atoms with Gasteiger partial charge in [-0.25, -0.2) is 0 Å². The molecule has 0 bridgehead atoms. The first kappa shape index (κ1) is 14.5. The molecule has 2 rings (SSSR count). The van der Waals surface area contributed by atoms with E-state index in [2.05, 4.69) is 21.2 Å². The molecule has 0 radical (unpaired) electrons. The minimum absolute atomic E-state index is 0.229. The molecule has 0 aliphatic rings. The van der Waals surface area contributed by atoms with Crippen LogP contribution in [0.4, 0.5) is 5.69 Å². The van der Waals surface area contributed by atoms with Crippen LogP contribution in [-0.4, -0.2) is 19.3 Å². The second-order valence-electron chi connectivity index (χ2n) is 4.19. The number of phenolic OH excluding ortho intramolecular Hbond substituents is 1. The van der Waals surface area contributed by atoms with Crippen LogP contribution in [0.5, 0.6) is 17.2 Å². The molecule has 20 heavy (non-hydrogen) atoms. The van der Waals surface area contributed by atoms with E-state index in [1.165, 1.54) is 0 Å². The van der Waals surface area contributed by atoms with Gasteiger partial charge in [-0.15, -0.1) is 0 Å². The summed E-state index contributed by atoms with van der Waals surface area (Å²) in [7, 11) is 3.22. The van der Waals surface area contributed by atoms with E-state index in [0.717, 1.165) is 21.5 Å². The van der Waals surface area contributed by atoms with E-state index < -0.39 is 0 Å². The highest BCUT2D eigenvalue weighted by Crippen LogP contribution is 2.30. The van der Waals surface area contributed by atoms with E-state index in [1.54, 1.807) is 32.4 Å². The highest BCUT2D eigenvalue weighted by atomic mass is 79.9. The van der Waals surface area contributed by atoms with Crippen LogP contribution in [0.3, 0.4) is 0 Å². The standard InChI is InChI=1S/C15H16BrNO3/c1-19-12-4-5-14(18)10(7-12)9-17-13-8-11(16)3-6-15(13)20-2/h3-8,17-18H,9H2,1-2H3. The summed E-state index contributed by atoms with van der Waals surface area (Å²) in [6, 6.07) is 10.8. The molecule has 0 aromatic heterocycles. The first-order chi connectivity index (χ1) is 9.63. The largest absolute Gasteiger partial charge is 0.508 e. The summed E-state index contributed by atoms with van der Waals surface area (Å²) in [5.74, 6) is 1.68. The zero-order chi connectivity index (χ0) is 14.5. The quantitative estimate of drug-likeness (QED) is 0.871. The van der Waals surface area contributed by atoms with E-state index in [9.17, 15) is 5.11 Å². The number of anilines is 1. The second kappa shape index (κ2) is 6.52. The van der Waals surface area contributed by atoms with Crippen molar-refractivity contribution in [2.75, 3.05) is 19.5 Å². The lowest BCUT2D eigenvalue weighted by Crippen LogP contribution is -2.02. The molecule has 2 N–H and O–H groups in total. The summed E-state index contributed by atoms with van der Waals surface area (Å²) in [5.41, 5.74) is 1.61. The third-order valence-electron chi connectivity index (χ3n) is 2.92. The van der Waals surface area contributed by atoms with Crippen LogP contribution in [0.2, 0.25) is 0 Å². The van der Waals surface area contributed by atoms with Gasteiger partial charge >= 0.3 is 0 Å². The number of phenols is 1. The zero-order valence-electron chi connectivity index (χ0n) is 11.3. The van der Waals surface area contributed by atoms with Crippen molar-refractivity contribution in [3.63, 3.8) is 0 Å². The van der Waals surface area contributed by atoms with Gasteiger partial charge in [0.05, 0.1) is 19.9 Å². The Balaban J connectivity index is 2.18. The molecule has 106 valence electrons. The van der Waals surface area contributed by atoms with E-state index in [1.807, 2.05) is 18.2 Å². The summed E-state index contributed by atoms with van der Waals surface area (Å²) in [5, 5.41) is 13.1. The second-order valence-corrected chi connectivity index (χ2v) is 5.11. The average molecular weight is 338 g/mol. The van der Waals surface area contributed by atoms with E-state index >= 15 is 0 Å². The maximum Gasteiger partial charge on any atom is 0.142 e. The topological polar surface area (TPSA) is 50.7 Å². The van der Waals surface area contributed by atoms with Crippen molar-refractivity contribution in [3.8, 4) is 17.2 Å². The fourth-order valence-corrected chi connectivity index (χ4v) is 2.20. The first-order valence-corrected chi connectivity index (χ1v) is 6.86. The van der Waals surface area contributed by atoms with Crippen molar-refractivity contribution in [1.29, 1.82) is 0 Å². The van der Waals surface area contributed by atoms with Gasteiger partial charge in [-0.1, -0.05) is 15.9 Å². The Hall–Kier alpha value is -1.88. The third kappa shape index (κ3) is 3.36. The lowest BCUT2D eigenvalue weighted by atomic mass is 10.2. The Bertz CT molecular complexity index is 602. The Morgan fingerprint density at radius 1 is 1.10 bits per heavy atom. The average Bonchev–Trinajstić information content (AvgIpc) is 2.46. The molecule has 0 spiro atoms. The predicted octanol–water partition coefficient (Wildman–Crippen LogP) is 3.78. The minimum atomic E-state index is 0.229. The lowest BCUT2D eigenvalue weighted by molar-refractivity contribution is 0.410. The molecule has 0 fully saturated rings. The highest BCUT2D eigenvalue weighted by molar-refractivity contribution is 9.10. The molecule has 5 heteroatoms. The lowest BCUT2D eigenvalue weighted by Gasteiger charge is -2.13. The molecule has 0 aliphatic carbocycles. The minimum Gasteiger partial charge on any atom is -0.508 e. The van der Waals surface area contributed by atoms with Gasteiger partial charge in [-0.3, -0.25) is 0 Å². The van der Waals surface area contributed by atoms with Crippen LogP contribution in [0.15, 0.2) is 40.9 Å². The van der Waals surface area contributed by atoms with Crippen molar-refractivity contribution in [2.24, 2.45) is 0 Å². The van der Waals surface area contributed by atoms with Crippen LogP contribution in [0.25, 0.3) is 0 Å². The van der Waals surface area contributed by atoms with Crippen molar-refractivity contribution < 1.29 is 14.6 Å². The van der Waals surface area contributed by atoms with Crippen LogP contribution in [0, 0.1) is 0 Å². The number of aromatic hydroxyl groups is 1. The van der Waals surface area contributed by atoms with E-state index in [-0.39, 0.29) is 5.75 Å². The van der Waals surface area contributed by atoms with Gasteiger partial charge in [-0.05, 0) is 36.4 Å². The normalized spacial score (nSPS) is 10.2. The number of rotatable bonds is 5. The Labute approximate surface area is 126 Å². The summed E-state index contributed by atoms with van der Waals surface area (Å²) >= 11 is 3.42. The van der Waals surface area contributed by atoms with Crippen LogP contribution in [0.1, 0.15) is 5.56 Å². The van der Waals surface area contributed by atoms with Gasteiger partial charge < -0.3 is 19.9 Å². The molecule has 0 atom stereocenters. The summed E-state index contributed by atoms with van der Waals surface area (Å²) in [4.78, 5) is 0. The van der Waals surface area contributed by atoms with Gasteiger partial charge in [0.15, 0.2) is 0 Å².